The van der Waals surface area contributed by atoms with Crippen molar-refractivity contribution in [2.24, 2.45) is 0 Å². The maximum atomic E-state index is 10.2. The van der Waals surface area contributed by atoms with Crippen molar-refractivity contribution >= 4 is 0 Å². The standard InChI is InChI=1S/C29H32O5/c1-19-6-9-21(28-15-24(31)14-26(16-30)34-28)13-23(19)12-20-7-10-25(11-8-20)32-18-29-27-5-3-2-4-22(27)17-33-29/h2-11,13,24,26,28-31H,12,14-18H2,1H3/t24-,26-,28+,29-/m0/s1. The summed E-state index contributed by atoms with van der Waals surface area (Å²) in [6.45, 7) is 3.19. The fourth-order valence-electron chi connectivity index (χ4n) is 4.90. The van der Waals surface area contributed by atoms with E-state index < -0.39 is 6.10 Å². The summed E-state index contributed by atoms with van der Waals surface area (Å²) in [6.07, 6.45) is 0.869. The number of hydrogen-bond donors (Lipinski definition) is 2. The lowest BCUT2D eigenvalue weighted by Crippen LogP contribution is -2.33. The number of aliphatic hydroxyl groups is 2. The van der Waals surface area contributed by atoms with Crippen molar-refractivity contribution in [3.8, 4) is 5.75 Å². The molecule has 5 nitrogen and oxygen atoms in total. The molecule has 1 fully saturated rings. The van der Waals surface area contributed by atoms with E-state index in [0.29, 0.717) is 26.1 Å². The predicted octanol–water partition coefficient (Wildman–Crippen LogP) is 4.81. The first-order valence-electron chi connectivity index (χ1n) is 12.0. The fraction of sp³-hybridized carbons (Fsp3) is 0.379. The molecule has 2 N–H and O–H groups in total. The highest BCUT2D eigenvalue weighted by Crippen LogP contribution is 2.33. The van der Waals surface area contributed by atoms with Gasteiger partial charge >= 0.3 is 0 Å². The third-order valence-electron chi connectivity index (χ3n) is 6.89. The molecule has 0 saturated carbocycles. The van der Waals surface area contributed by atoms with Gasteiger partial charge in [-0.1, -0.05) is 54.6 Å². The van der Waals surface area contributed by atoms with Crippen LogP contribution in [-0.2, 0) is 22.5 Å². The lowest BCUT2D eigenvalue weighted by molar-refractivity contribution is -0.113. The van der Waals surface area contributed by atoms with Crippen LogP contribution < -0.4 is 4.74 Å². The number of ether oxygens (including phenoxy) is 3. The molecule has 178 valence electrons. The number of aryl methyl sites for hydroxylation is 1. The Morgan fingerprint density at radius 1 is 1.00 bits per heavy atom. The molecule has 0 bridgehead atoms. The predicted molar refractivity (Wildman–Crippen MR) is 130 cm³/mol. The minimum atomic E-state index is -0.448. The number of fused-ring (bicyclic) bond motifs is 1. The van der Waals surface area contributed by atoms with Crippen molar-refractivity contribution in [1.29, 1.82) is 0 Å². The number of benzene rings is 3. The van der Waals surface area contributed by atoms with Gasteiger partial charge in [-0.3, -0.25) is 0 Å². The third-order valence-corrected chi connectivity index (χ3v) is 6.89. The molecule has 5 rings (SSSR count). The molecule has 5 heteroatoms. The maximum absolute atomic E-state index is 10.2. The molecule has 2 aliphatic heterocycles. The van der Waals surface area contributed by atoms with Crippen LogP contribution in [-0.4, -0.2) is 35.6 Å². The second-order valence-electron chi connectivity index (χ2n) is 9.37. The number of hydrogen-bond acceptors (Lipinski definition) is 5. The second kappa shape index (κ2) is 10.3. The fourth-order valence-corrected chi connectivity index (χ4v) is 4.90. The zero-order chi connectivity index (χ0) is 23.5. The molecule has 3 aromatic rings. The van der Waals surface area contributed by atoms with Crippen LogP contribution in [0.25, 0.3) is 0 Å². The molecule has 3 aromatic carbocycles. The molecule has 34 heavy (non-hydrogen) atoms. The van der Waals surface area contributed by atoms with Gasteiger partial charge in [-0.25, -0.2) is 0 Å². The summed E-state index contributed by atoms with van der Waals surface area (Å²) in [4.78, 5) is 0. The van der Waals surface area contributed by atoms with Gasteiger partial charge in [-0.2, -0.15) is 0 Å². The molecule has 0 aromatic heterocycles. The lowest BCUT2D eigenvalue weighted by atomic mass is 9.92. The highest BCUT2D eigenvalue weighted by atomic mass is 16.5. The van der Waals surface area contributed by atoms with Crippen LogP contribution in [0.1, 0.15) is 58.4 Å². The first kappa shape index (κ1) is 23.1. The average Bonchev–Trinajstić information content (AvgIpc) is 3.27. The maximum Gasteiger partial charge on any atom is 0.119 e. The van der Waals surface area contributed by atoms with Gasteiger partial charge in [0.2, 0.25) is 0 Å². The summed E-state index contributed by atoms with van der Waals surface area (Å²) in [5, 5.41) is 19.7. The Kier molecular flexibility index (Phi) is 6.97. The van der Waals surface area contributed by atoms with Crippen molar-refractivity contribution in [3.05, 3.63) is 100 Å². The SMILES string of the molecule is Cc1ccc([C@H]2C[C@@H](O)C[C@@H](CO)O2)cc1Cc1ccc(OC[C@@H]2OCc3ccccc32)cc1. The van der Waals surface area contributed by atoms with Crippen molar-refractivity contribution in [3.63, 3.8) is 0 Å². The molecule has 2 aliphatic rings. The largest absolute Gasteiger partial charge is 0.491 e. The van der Waals surface area contributed by atoms with Crippen molar-refractivity contribution in [1.82, 2.24) is 0 Å². The Labute approximate surface area is 200 Å². The molecular formula is C29H32O5. The topological polar surface area (TPSA) is 68.2 Å². The van der Waals surface area contributed by atoms with Crippen LogP contribution in [0.4, 0.5) is 0 Å². The second-order valence-corrected chi connectivity index (χ2v) is 9.37. The van der Waals surface area contributed by atoms with E-state index in [1.165, 1.54) is 27.8 Å². The molecular weight excluding hydrogens is 428 g/mol. The van der Waals surface area contributed by atoms with Gasteiger partial charge in [-0.15, -0.1) is 0 Å². The Bertz CT molecular complexity index is 1110. The van der Waals surface area contributed by atoms with Crippen LogP contribution >= 0.6 is 0 Å². The summed E-state index contributed by atoms with van der Waals surface area (Å²) in [6, 6.07) is 22.9. The Morgan fingerprint density at radius 2 is 1.82 bits per heavy atom. The van der Waals surface area contributed by atoms with Crippen LogP contribution in [0.15, 0.2) is 66.7 Å². The van der Waals surface area contributed by atoms with Gasteiger partial charge in [0.05, 0.1) is 31.5 Å². The van der Waals surface area contributed by atoms with Gasteiger partial charge < -0.3 is 24.4 Å². The molecule has 0 amide bonds. The van der Waals surface area contributed by atoms with E-state index in [4.69, 9.17) is 14.2 Å². The van der Waals surface area contributed by atoms with Crippen molar-refractivity contribution in [2.75, 3.05) is 13.2 Å². The minimum Gasteiger partial charge on any atom is -0.491 e. The molecule has 0 spiro atoms. The number of aliphatic hydroxyl groups excluding tert-OH is 2. The first-order chi connectivity index (χ1) is 16.6. The van der Waals surface area contributed by atoms with Crippen molar-refractivity contribution in [2.45, 2.75) is 57.2 Å². The van der Waals surface area contributed by atoms with Crippen LogP contribution in [0.2, 0.25) is 0 Å². The van der Waals surface area contributed by atoms with E-state index in [1.807, 2.05) is 24.3 Å². The van der Waals surface area contributed by atoms with Crippen molar-refractivity contribution < 1.29 is 24.4 Å². The van der Waals surface area contributed by atoms with Gasteiger partial charge in [0.25, 0.3) is 0 Å². The zero-order valence-corrected chi connectivity index (χ0v) is 19.5. The van der Waals surface area contributed by atoms with E-state index in [1.54, 1.807) is 0 Å². The molecule has 0 aliphatic carbocycles. The average molecular weight is 461 g/mol. The normalized spacial score (nSPS) is 24.1. The highest BCUT2D eigenvalue weighted by molar-refractivity contribution is 5.38. The van der Waals surface area contributed by atoms with E-state index >= 15 is 0 Å². The summed E-state index contributed by atoms with van der Waals surface area (Å²) in [7, 11) is 0. The summed E-state index contributed by atoms with van der Waals surface area (Å²) in [5.74, 6) is 0.835. The van der Waals surface area contributed by atoms with Gasteiger partial charge in [0, 0.05) is 12.8 Å². The smallest absolute Gasteiger partial charge is 0.119 e. The molecule has 4 atom stereocenters. The summed E-state index contributed by atoms with van der Waals surface area (Å²) < 4.78 is 17.9. The highest BCUT2D eigenvalue weighted by Gasteiger charge is 2.29. The molecule has 2 heterocycles. The van der Waals surface area contributed by atoms with Gasteiger partial charge in [0.1, 0.15) is 18.5 Å². The zero-order valence-electron chi connectivity index (χ0n) is 19.5. The van der Waals surface area contributed by atoms with Crippen LogP contribution in [0, 0.1) is 6.92 Å². The van der Waals surface area contributed by atoms with Crippen LogP contribution in [0.5, 0.6) is 5.75 Å². The summed E-state index contributed by atoms with van der Waals surface area (Å²) >= 11 is 0. The lowest BCUT2D eigenvalue weighted by Gasteiger charge is -2.32. The molecule has 0 unspecified atom stereocenters. The van der Waals surface area contributed by atoms with E-state index in [-0.39, 0.29) is 24.9 Å². The number of rotatable bonds is 7. The Balaban J connectivity index is 1.22. The monoisotopic (exact) mass is 460 g/mol. The minimum absolute atomic E-state index is 0.0211. The Morgan fingerprint density at radius 3 is 2.65 bits per heavy atom. The van der Waals surface area contributed by atoms with E-state index in [9.17, 15) is 10.2 Å². The quantitative estimate of drug-likeness (QED) is 0.530. The van der Waals surface area contributed by atoms with Crippen LogP contribution in [0.3, 0.4) is 0 Å². The third kappa shape index (κ3) is 5.18. The summed E-state index contributed by atoms with van der Waals surface area (Å²) in [5.41, 5.74) is 7.16. The first-order valence-corrected chi connectivity index (χ1v) is 12.0. The van der Waals surface area contributed by atoms with E-state index in [2.05, 4.69) is 49.4 Å². The Hall–Kier alpha value is -2.70. The van der Waals surface area contributed by atoms with Gasteiger partial charge in [-0.05, 0) is 58.9 Å². The van der Waals surface area contributed by atoms with Gasteiger partial charge in [0.15, 0.2) is 0 Å². The molecule has 1 saturated heterocycles. The van der Waals surface area contributed by atoms with E-state index in [0.717, 1.165) is 17.7 Å². The molecule has 0 radical (unpaired) electrons.